The van der Waals surface area contributed by atoms with Crippen LogP contribution in [-0.2, 0) is 6.54 Å². The van der Waals surface area contributed by atoms with E-state index in [4.69, 9.17) is 4.74 Å². The molecule has 0 spiro atoms. The molecule has 1 N–H and O–H groups in total. The highest BCUT2D eigenvalue weighted by atomic mass is 16.5. The van der Waals surface area contributed by atoms with Crippen molar-refractivity contribution in [2.24, 2.45) is 0 Å². The summed E-state index contributed by atoms with van der Waals surface area (Å²) in [6.45, 7) is 4.36. The van der Waals surface area contributed by atoms with E-state index in [0.29, 0.717) is 12.4 Å². The second-order valence-corrected chi connectivity index (χ2v) is 7.54. The standard InChI is InChI=1S/C22H28N4O2/c1-23-16-18-15-17(6-9-20(18)28-21-5-2-3-10-24-21)22(27)26-12-4-11-25(13-14-26)19-7-8-19/h2-3,5-6,9-10,15,19,23H,4,7-8,11-14,16H2,1H3. The van der Waals surface area contributed by atoms with Gasteiger partial charge in [0.1, 0.15) is 5.75 Å². The average Bonchev–Trinajstić information content (AvgIpc) is 3.56. The molecule has 1 amide bonds. The second-order valence-electron chi connectivity index (χ2n) is 7.54. The first kappa shape index (κ1) is 18.9. The summed E-state index contributed by atoms with van der Waals surface area (Å²) in [5, 5.41) is 3.16. The maximum Gasteiger partial charge on any atom is 0.253 e. The third-order valence-electron chi connectivity index (χ3n) is 5.41. The molecule has 1 aliphatic carbocycles. The Hall–Kier alpha value is -2.44. The average molecular weight is 380 g/mol. The smallest absolute Gasteiger partial charge is 0.253 e. The van der Waals surface area contributed by atoms with Crippen LogP contribution in [0.25, 0.3) is 0 Å². The Morgan fingerprint density at radius 1 is 1.18 bits per heavy atom. The predicted octanol–water partition coefficient (Wildman–Crippen LogP) is 2.90. The highest BCUT2D eigenvalue weighted by Crippen LogP contribution is 2.28. The van der Waals surface area contributed by atoms with E-state index in [2.05, 4.69) is 15.2 Å². The van der Waals surface area contributed by atoms with Crippen molar-refractivity contribution < 1.29 is 9.53 Å². The van der Waals surface area contributed by atoms with Crippen molar-refractivity contribution in [1.29, 1.82) is 0 Å². The van der Waals surface area contributed by atoms with Gasteiger partial charge in [0.15, 0.2) is 0 Å². The second kappa shape index (κ2) is 8.71. The molecule has 2 fully saturated rings. The van der Waals surface area contributed by atoms with Crippen molar-refractivity contribution in [3.05, 3.63) is 53.7 Å². The van der Waals surface area contributed by atoms with Gasteiger partial charge in [-0.25, -0.2) is 4.98 Å². The lowest BCUT2D eigenvalue weighted by Gasteiger charge is -2.22. The van der Waals surface area contributed by atoms with Crippen molar-refractivity contribution in [3.8, 4) is 11.6 Å². The molecule has 148 valence electrons. The van der Waals surface area contributed by atoms with Gasteiger partial charge in [-0.2, -0.15) is 0 Å². The van der Waals surface area contributed by atoms with Gasteiger partial charge in [0.2, 0.25) is 5.88 Å². The number of amides is 1. The van der Waals surface area contributed by atoms with E-state index in [-0.39, 0.29) is 5.91 Å². The Bertz CT molecular complexity index is 807. The number of benzene rings is 1. The first-order valence-corrected chi connectivity index (χ1v) is 10.1. The minimum Gasteiger partial charge on any atom is -0.439 e. The zero-order valence-electron chi connectivity index (χ0n) is 16.4. The fourth-order valence-electron chi connectivity index (χ4n) is 3.79. The quantitative estimate of drug-likeness (QED) is 0.835. The molecule has 1 aromatic heterocycles. The molecule has 2 heterocycles. The van der Waals surface area contributed by atoms with Crippen LogP contribution in [0, 0.1) is 0 Å². The number of carbonyl (C=O) groups excluding carboxylic acids is 1. The number of hydrogen-bond donors (Lipinski definition) is 1. The summed E-state index contributed by atoms with van der Waals surface area (Å²) in [4.78, 5) is 21.9. The van der Waals surface area contributed by atoms with Crippen LogP contribution >= 0.6 is 0 Å². The largest absolute Gasteiger partial charge is 0.439 e. The molecule has 1 aliphatic heterocycles. The number of ether oxygens (including phenoxy) is 1. The highest BCUT2D eigenvalue weighted by molar-refractivity contribution is 5.94. The van der Waals surface area contributed by atoms with Gasteiger partial charge in [-0.15, -0.1) is 0 Å². The van der Waals surface area contributed by atoms with Crippen LogP contribution in [-0.4, -0.2) is 60.0 Å². The lowest BCUT2D eigenvalue weighted by Crippen LogP contribution is -2.35. The molecule has 2 aliphatic rings. The summed E-state index contributed by atoms with van der Waals surface area (Å²) in [5.74, 6) is 1.38. The van der Waals surface area contributed by atoms with Gasteiger partial charge in [0, 0.05) is 62.2 Å². The Morgan fingerprint density at radius 2 is 2.07 bits per heavy atom. The molecular weight excluding hydrogens is 352 g/mol. The van der Waals surface area contributed by atoms with Crippen molar-refractivity contribution in [2.75, 3.05) is 33.2 Å². The summed E-state index contributed by atoms with van der Waals surface area (Å²) >= 11 is 0. The SMILES string of the molecule is CNCc1cc(C(=O)N2CCCN(C3CC3)CC2)ccc1Oc1ccccn1. The molecule has 0 bridgehead atoms. The van der Waals surface area contributed by atoms with Crippen molar-refractivity contribution in [2.45, 2.75) is 31.8 Å². The number of pyridine rings is 1. The fourth-order valence-corrected chi connectivity index (χ4v) is 3.79. The first-order valence-electron chi connectivity index (χ1n) is 10.1. The Balaban J connectivity index is 1.48. The van der Waals surface area contributed by atoms with Crippen LogP contribution in [0.4, 0.5) is 0 Å². The molecule has 1 aromatic carbocycles. The predicted molar refractivity (Wildman–Crippen MR) is 109 cm³/mol. The molecule has 28 heavy (non-hydrogen) atoms. The van der Waals surface area contributed by atoms with Crippen LogP contribution in [0.3, 0.4) is 0 Å². The van der Waals surface area contributed by atoms with Gasteiger partial charge in [0.25, 0.3) is 5.91 Å². The summed E-state index contributed by atoms with van der Waals surface area (Å²) in [6, 6.07) is 12.0. The molecule has 6 nitrogen and oxygen atoms in total. The normalized spacial score (nSPS) is 18.0. The first-order chi connectivity index (χ1) is 13.7. The lowest BCUT2D eigenvalue weighted by molar-refractivity contribution is 0.0761. The molecular formula is C22H28N4O2. The van der Waals surface area contributed by atoms with Gasteiger partial charge in [0.05, 0.1) is 0 Å². The zero-order valence-corrected chi connectivity index (χ0v) is 16.4. The number of nitrogens with zero attached hydrogens (tertiary/aromatic N) is 3. The van der Waals surface area contributed by atoms with Gasteiger partial charge in [-0.1, -0.05) is 6.07 Å². The number of hydrogen-bond acceptors (Lipinski definition) is 5. The van der Waals surface area contributed by atoms with Crippen molar-refractivity contribution in [1.82, 2.24) is 20.1 Å². The van der Waals surface area contributed by atoms with Gasteiger partial charge in [-0.3, -0.25) is 9.69 Å². The number of aromatic nitrogens is 1. The van der Waals surface area contributed by atoms with Crippen molar-refractivity contribution in [3.63, 3.8) is 0 Å². The molecule has 4 rings (SSSR count). The minimum absolute atomic E-state index is 0.111. The van der Waals surface area contributed by atoms with Gasteiger partial charge in [-0.05, 0) is 50.6 Å². The Kier molecular flexibility index (Phi) is 5.88. The monoisotopic (exact) mass is 380 g/mol. The summed E-state index contributed by atoms with van der Waals surface area (Å²) in [6.07, 6.45) is 5.39. The molecule has 1 saturated carbocycles. The maximum atomic E-state index is 13.1. The van der Waals surface area contributed by atoms with E-state index in [1.165, 1.54) is 12.8 Å². The van der Waals surface area contributed by atoms with Crippen LogP contribution in [0.15, 0.2) is 42.6 Å². The van der Waals surface area contributed by atoms with Crippen LogP contribution < -0.4 is 10.1 Å². The number of rotatable bonds is 6. The molecule has 2 aromatic rings. The summed E-state index contributed by atoms with van der Waals surface area (Å²) in [5.41, 5.74) is 1.67. The van der Waals surface area contributed by atoms with Crippen molar-refractivity contribution >= 4 is 5.91 Å². The third-order valence-corrected chi connectivity index (χ3v) is 5.41. The van der Waals surface area contributed by atoms with E-state index in [0.717, 1.165) is 55.5 Å². The summed E-state index contributed by atoms with van der Waals surface area (Å²) < 4.78 is 5.93. The number of carbonyl (C=O) groups is 1. The topological polar surface area (TPSA) is 57.7 Å². The third kappa shape index (κ3) is 4.51. The number of nitrogens with one attached hydrogen (secondary N) is 1. The molecule has 0 atom stereocenters. The Morgan fingerprint density at radius 3 is 2.82 bits per heavy atom. The van der Waals surface area contributed by atoms with Gasteiger partial charge >= 0.3 is 0 Å². The molecule has 6 heteroatoms. The van der Waals surface area contributed by atoms with Crippen LogP contribution in [0.5, 0.6) is 11.6 Å². The highest BCUT2D eigenvalue weighted by Gasteiger charge is 2.31. The zero-order chi connectivity index (χ0) is 19.3. The van der Waals surface area contributed by atoms with Gasteiger partial charge < -0.3 is 15.0 Å². The molecule has 0 unspecified atom stereocenters. The van der Waals surface area contributed by atoms with Crippen LogP contribution in [0.2, 0.25) is 0 Å². The maximum absolute atomic E-state index is 13.1. The molecule has 1 saturated heterocycles. The Labute approximate surface area is 166 Å². The minimum atomic E-state index is 0.111. The van der Waals surface area contributed by atoms with E-state index < -0.39 is 0 Å². The fraction of sp³-hybridized carbons (Fsp3) is 0.455. The van der Waals surface area contributed by atoms with E-state index in [9.17, 15) is 4.79 Å². The molecule has 0 radical (unpaired) electrons. The summed E-state index contributed by atoms with van der Waals surface area (Å²) in [7, 11) is 1.89. The van der Waals surface area contributed by atoms with E-state index >= 15 is 0 Å². The van der Waals surface area contributed by atoms with Crippen LogP contribution in [0.1, 0.15) is 35.2 Å². The van der Waals surface area contributed by atoms with E-state index in [1.807, 2.05) is 48.3 Å². The lowest BCUT2D eigenvalue weighted by atomic mass is 10.1. The van der Waals surface area contributed by atoms with E-state index in [1.54, 1.807) is 6.20 Å².